The minimum Gasteiger partial charge on any atom is -0.489 e. The molecule has 2 aromatic rings. The molecule has 1 aliphatic rings. The van der Waals surface area contributed by atoms with E-state index in [1.807, 2.05) is 38.1 Å². The van der Waals surface area contributed by atoms with Crippen molar-refractivity contribution in [2.45, 2.75) is 26.4 Å². The summed E-state index contributed by atoms with van der Waals surface area (Å²) in [6.07, 6.45) is 1.43. The van der Waals surface area contributed by atoms with Crippen molar-refractivity contribution in [3.05, 3.63) is 64.4 Å². The van der Waals surface area contributed by atoms with Crippen LogP contribution in [0.5, 0.6) is 5.75 Å². The van der Waals surface area contributed by atoms with Crippen molar-refractivity contribution in [2.24, 2.45) is 4.99 Å². The number of rotatable bonds is 8. The van der Waals surface area contributed by atoms with Gasteiger partial charge in [0, 0.05) is 6.54 Å². The summed E-state index contributed by atoms with van der Waals surface area (Å²) in [6, 6.07) is 12.8. The summed E-state index contributed by atoms with van der Waals surface area (Å²) >= 11 is 6.26. The Labute approximate surface area is 186 Å². The molecule has 31 heavy (non-hydrogen) atoms. The molecule has 1 atom stereocenters. The van der Waals surface area contributed by atoms with E-state index in [9.17, 15) is 9.90 Å². The highest BCUT2D eigenvalue weighted by Gasteiger charge is 2.36. The summed E-state index contributed by atoms with van der Waals surface area (Å²) in [5, 5.41) is 18.6. The zero-order valence-corrected chi connectivity index (χ0v) is 18.2. The smallest absolute Gasteiger partial charge is 0.305 e. The second-order valence-electron chi connectivity index (χ2n) is 7.04. The van der Waals surface area contributed by atoms with Crippen LogP contribution >= 0.6 is 11.6 Å². The first-order valence-corrected chi connectivity index (χ1v) is 10.4. The fraction of sp³-hybridized carbons (Fsp3) is 0.304. The van der Waals surface area contributed by atoms with Gasteiger partial charge in [-0.15, -0.1) is 0 Å². The largest absolute Gasteiger partial charge is 0.489 e. The number of para-hydroxylation sites is 1. The van der Waals surface area contributed by atoms with E-state index in [-0.39, 0.29) is 24.3 Å². The third-order valence-corrected chi connectivity index (χ3v) is 4.82. The van der Waals surface area contributed by atoms with Crippen molar-refractivity contribution in [1.82, 2.24) is 0 Å². The Kier molecular flexibility index (Phi) is 7.68. The highest BCUT2D eigenvalue weighted by molar-refractivity contribution is 6.32. The summed E-state index contributed by atoms with van der Waals surface area (Å²) in [5.74, 6) is 0.187. The van der Waals surface area contributed by atoms with Gasteiger partial charge in [0.15, 0.2) is 5.76 Å². The van der Waals surface area contributed by atoms with Gasteiger partial charge in [0.2, 0.25) is 0 Å². The number of aliphatic hydroxyl groups excluding tert-OH is 2. The first-order valence-electron chi connectivity index (χ1n) is 10.00. The lowest BCUT2D eigenvalue weighted by Gasteiger charge is -2.15. The molecule has 0 unspecified atom stereocenters. The molecular weight excluding hydrogens is 420 g/mol. The molecule has 0 spiro atoms. The van der Waals surface area contributed by atoms with E-state index in [2.05, 4.69) is 4.99 Å². The Morgan fingerprint density at radius 3 is 2.74 bits per heavy atom. The van der Waals surface area contributed by atoms with Crippen LogP contribution in [0.1, 0.15) is 24.5 Å². The first kappa shape index (κ1) is 22.8. The van der Waals surface area contributed by atoms with Crippen LogP contribution in [-0.4, -0.2) is 48.0 Å². The summed E-state index contributed by atoms with van der Waals surface area (Å²) < 4.78 is 11.2. The molecule has 0 bridgehead atoms. The standard InChI is InChI=1S/C23H25ClN2O5/c1-3-10-25-23-26(19-7-5-4-6-15(19)2)22(29)21(31-23)12-16-8-9-20(18(24)11-16)30-14-17(28)13-27/h4-9,11-12,17,27-28H,3,10,13-14H2,1-2H3/b21-12-,25-23?/t17-/m1/s1. The zero-order chi connectivity index (χ0) is 22.4. The fourth-order valence-corrected chi connectivity index (χ4v) is 3.17. The number of nitrogens with zero attached hydrogens (tertiary/aromatic N) is 2. The maximum absolute atomic E-state index is 13.1. The number of hydrogen-bond donors (Lipinski definition) is 2. The van der Waals surface area contributed by atoms with Gasteiger partial charge in [-0.3, -0.25) is 4.79 Å². The molecule has 2 aromatic carbocycles. The van der Waals surface area contributed by atoms with Crippen LogP contribution in [0.4, 0.5) is 5.69 Å². The molecule has 1 fully saturated rings. The molecule has 8 heteroatoms. The number of halogens is 1. The average molecular weight is 445 g/mol. The van der Waals surface area contributed by atoms with Crippen LogP contribution in [0.25, 0.3) is 6.08 Å². The molecule has 0 saturated carbocycles. The number of anilines is 1. The number of amides is 1. The van der Waals surface area contributed by atoms with Gasteiger partial charge >= 0.3 is 11.9 Å². The lowest BCUT2D eigenvalue weighted by atomic mass is 10.1. The number of benzene rings is 2. The number of carbonyl (C=O) groups excluding carboxylic acids is 1. The van der Waals surface area contributed by atoms with Crippen LogP contribution in [0, 0.1) is 6.92 Å². The topological polar surface area (TPSA) is 91.6 Å². The van der Waals surface area contributed by atoms with Gasteiger partial charge in [-0.2, -0.15) is 0 Å². The van der Waals surface area contributed by atoms with Crippen LogP contribution in [0.15, 0.2) is 53.2 Å². The van der Waals surface area contributed by atoms with Crippen molar-refractivity contribution in [3.63, 3.8) is 0 Å². The second kappa shape index (κ2) is 10.4. The average Bonchev–Trinajstić information content (AvgIpc) is 3.06. The summed E-state index contributed by atoms with van der Waals surface area (Å²) in [6.45, 7) is 3.98. The van der Waals surface area contributed by atoms with E-state index in [0.29, 0.717) is 22.9 Å². The summed E-state index contributed by atoms with van der Waals surface area (Å²) in [4.78, 5) is 19.1. The molecule has 2 N–H and O–H groups in total. The molecule has 1 aliphatic heterocycles. The number of aliphatic imine (C=N–C) groups is 1. The highest BCUT2D eigenvalue weighted by Crippen LogP contribution is 2.31. The quantitative estimate of drug-likeness (QED) is 0.607. The van der Waals surface area contributed by atoms with Crippen molar-refractivity contribution < 1.29 is 24.5 Å². The van der Waals surface area contributed by atoms with Crippen molar-refractivity contribution in [3.8, 4) is 5.75 Å². The van der Waals surface area contributed by atoms with Crippen molar-refractivity contribution >= 4 is 35.3 Å². The number of carbonyl (C=O) groups is 1. The van der Waals surface area contributed by atoms with Gasteiger partial charge in [-0.25, -0.2) is 9.89 Å². The Bertz CT molecular complexity index is 1010. The molecule has 164 valence electrons. The van der Waals surface area contributed by atoms with E-state index < -0.39 is 12.7 Å². The molecule has 0 aliphatic carbocycles. The van der Waals surface area contributed by atoms with Crippen LogP contribution in [0.3, 0.4) is 0 Å². The van der Waals surface area contributed by atoms with Gasteiger partial charge in [-0.1, -0.05) is 42.8 Å². The van der Waals surface area contributed by atoms with E-state index in [0.717, 1.165) is 17.7 Å². The van der Waals surface area contributed by atoms with Gasteiger partial charge in [-0.05, 0) is 48.7 Å². The van der Waals surface area contributed by atoms with Crippen LogP contribution in [-0.2, 0) is 9.53 Å². The molecule has 1 amide bonds. The number of amidine groups is 1. The van der Waals surface area contributed by atoms with Gasteiger partial charge < -0.3 is 19.7 Å². The number of aryl methyl sites for hydroxylation is 1. The van der Waals surface area contributed by atoms with E-state index in [4.69, 9.17) is 26.2 Å². The van der Waals surface area contributed by atoms with E-state index in [1.165, 1.54) is 4.90 Å². The van der Waals surface area contributed by atoms with Gasteiger partial charge in [0.05, 0.1) is 17.3 Å². The predicted molar refractivity (Wildman–Crippen MR) is 120 cm³/mol. The lowest BCUT2D eigenvalue weighted by molar-refractivity contribution is -0.114. The number of aliphatic hydroxyl groups is 2. The highest BCUT2D eigenvalue weighted by atomic mass is 35.5. The zero-order valence-electron chi connectivity index (χ0n) is 17.4. The Hall–Kier alpha value is -2.87. The normalized spacial score (nSPS) is 17.3. The van der Waals surface area contributed by atoms with Gasteiger partial charge in [0.1, 0.15) is 18.5 Å². The maximum Gasteiger partial charge on any atom is 0.305 e. The molecular formula is C23H25ClN2O5. The predicted octanol–water partition coefficient (Wildman–Crippen LogP) is 3.55. The van der Waals surface area contributed by atoms with Crippen LogP contribution in [0.2, 0.25) is 5.02 Å². The van der Waals surface area contributed by atoms with Crippen LogP contribution < -0.4 is 9.64 Å². The summed E-state index contributed by atoms with van der Waals surface area (Å²) in [7, 11) is 0. The molecule has 0 aromatic heterocycles. The summed E-state index contributed by atoms with van der Waals surface area (Å²) in [5.41, 5.74) is 2.29. The Morgan fingerprint density at radius 1 is 1.29 bits per heavy atom. The van der Waals surface area contributed by atoms with Crippen molar-refractivity contribution in [2.75, 3.05) is 24.7 Å². The number of ether oxygens (including phenoxy) is 2. The molecule has 3 rings (SSSR count). The van der Waals surface area contributed by atoms with E-state index >= 15 is 0 Å². The second-order valence-corrected chi connectivity index (χ2v) is 7.45. The Balaban J connectivity index is 1.88. The minimum atomic E-state index is -0.990. The maximum atomic E-state index is 13.1. The molecule has 7 nitrogen and oxygen atoms in total. The Morgan fingerprint density at radius 2 is 2.06 bits per heavy atom. The third-order valence-electron chi connectivity index (χ3n) is 4.53. The lowest BCUT2D eigenvalue weighted by Crippen LogP contribution is -2.30. The number of hydrogen-bond acceptors (Lipinski definition) is 6. The minimum absolute atomic E-state index is 0.0824. The monoisotopic (exact) mass is 444 g/mol. The van der Waals surface area contributed by atoms with E-state index in [1.54, 1.807) is 24.3 Å². The SMILES string of the molecule is CCCN=C1O/C(=C\c2ccc(OC[C@H](O)CO)c(Cl)c2)C(=O)N1c1ccccc1C. The molecule has 1 heterocycles. The molecule has 1 saturated heterocycles. The first-order chi connectivity index (χ1) is 14.9. The third kappa shape index (κ3) is 5.44. The fourth-order valence-electron chi connectivity index (χ4n) is 2.93. The van der Waals surface area contributed by atoms with Gasteiger partial charge in [0.25, 0.3) is 0 Å². The van der Waals surface area contributed by atoms with Crippen molar-refractivity contribution in [1.29, 1.82) is 0 Å². The molecule has 0 radical (unpaired) electrons.